The van der Waals surface area contributed by atoms with E-state index in [1.165, 1.54) is 0 Å². The van der Waals surface area contributed by atoms with E-state index in [1.54, 1.807) is 17.0 Å². The molecule has 1 atom stereocenters. The van der Waals surface area contributed by atoms with E-state index in [9.17, 15) is 9.59 Å². The third-order valence-electron chi connectivity index (χ3n) is 5.33. The van der Waals surface area contributed by atoms with Crippen LogP contribution in [0.15, 0.2) is 34.9 Å². The second-order valence-electron chi connectivity index (χ2n) is 7.25. The van der Waals surface area contributed by atoms with Crippen molar-refractivity contribution in [1.82, 2.24) is 10.1 Å². The molecule has 1 saturated carbocycles. The van der Waals surface area contributed by atoms with Crippen molar-refractivity contribution in [2.75, 3.05) is 13.1 Å². The molecule has 2 aromatic rings. The van der Waals surface area contributed by atoms with Gasteiger partial charge in [0.2, 0.25) is 0 Å². The summed E-state index contributed by atoms with van der Waals surface area (Å²) in [7, 11) is 0. The van der Waals surface area contributed by atoms with Crippen LogP contribution in [0.2, 0.25) is 0 Å². The van der Waals surface area contributed by atoms with Crippen LogP contribution >= 0.6 is 0 Å². The Morgan fingerprint density at radius 1 is 1.28 bits per heavy atom. The van der Waals surface area contributed by atoms with Crippen LogP contribution in [-0.4, -0.2) is 40.4 Å². The maximum Gasteiger partial charge on any atom is 0.276 e. The lowest BCUT2D eigenvalue weighted by atomic mass is 9.89. The summed E-state index contributed by atoms with van der Waals surface area (Å²) in [5.41, 5.74) is 0.356. The quantitative estimate of drug-likeness (QED) is 0.842. The molecule has 0 radical (unpaired) electrons. The Hall–Kier alpha value is -2.63. The molecule has 2 fully saturated rings. The number of hydrogen-bond acceptors (Lipinski definition) is 5. The van der Waals surface area contributed by atoms with Gasteiger partial charge in [-0.3, -0.25) is 9.59 Å². The van der Waals surface area contributed by atoms with Crippen molar-refractivity contribution < 1.29 is 18.8 Å². The van der Waals surface area contributed by atoms with Crippen molar-refractivity contribution in [3.63, 3.8) is 0 Å². The lowest BCUT2D eigenvalue weighted by molar-refractivity contribution is 0.0426. The van der Waals surface area contributed by atoms with Crippen LogP contribution in [0.3, 0.4) is 0 Å². The zero-order chi connectivity index (χ0) is 17.0. The minimum Gasteiger partial charge on any atom is -0.484 e. The van der Waals surface area contributed by atoms with Crippen LogP contribution in [0.25, 0.3) is 0 Å². The fourth-order valence-electron chi connectivity index (χ4n) is 3.80. The lowest BCUT2D eigenvalue weighted by Gasteiger charge is -2.34. The average Bonchev–Trinajstić information content (AvgIpc) is 3.21. The van der Waals surface area contributed by atoms with Crippen molar-refractivity contribution in [3.8, 4) is 5.75 Å². The number of aromatic nitrogens is 1. The number of likely N-dealkylation sites (tertiary alicyclic amines) is 1. The first-order valence-electron chi connectivity index (χ1n) is 8.71. The molecular formula is C19H18N2O4. The van der Waals surface area contributed by atoms with E-state index in [2.05, 4.69) is 5.16 Å². The number of rotatable bonds is 2. The van der Waals surface area contributed by atoms with E-state index < -0.39 is 5.60 Å². The number of para-hydroxylation sites is 1. The SMILES string of the molecule is O=C1C[C@@]2(CCN(C(=O)c3cc(C4CC4)on3)C2)Oc2ccccc21. The number of ketones is 1. The third kappa shape index (κ3) is 2.44. The predicted molar refractivity (Wildman–Crippen MR) is 87.7 cm³/mol. The number of nitrogens with zero attached hydrogens (tertiary/aromatic N) is 2. The van der Waals surface area contributed by atoms with E-state index >= 15 is 0 Å². The molecular weight excluding hydrogens is 320 g/mol. The summed E-state index contributed by atoms with van der Waals surface area (Å²) in [6.45, 7) is 0.956. The van der Waals surface area contributed by atoms with E-state index in [-0.39, 0.29) is 11.7 Å². The topological polar surface area (TPSA) is 72.6 Å². The van der Waals surface area contributed by atoms with Gasteiger partial charge in [-0.25, -0.2) is 0 Å². The number of amides is 1. The second-order valence-corrected chi connectivity index (χ2v) is 7.25. The highest BCUT2D eigenvalue weighted by Gasteiger charge is 2.47. The molecule has 1 saturated heterocycles. The molecule has 6 nitrogen and oxygen atoms in total. The van der Waals surface area contributed by atoms with Gasteiger partial charge >= 0.3 is 0 Å². The Balaban J connectivity index is 1.35. The van der Waals surface area contributed by atoms with Crippen molar-refractivity contribution in [2.24, 2.45) is 0 Å². The summed E-state index contributed by atoms with van der Waals surface area (Å²) in [4.78, 5) is 26.9. The molecule has 0 unspecified atom stereocenters. The van der Waals surface area contributed by atoms with Gasteiger partial charge in [-0.1, -0.05) is 17.3 Å². The molecule has 2 aliphatic heterocycles. The highest BCUT2D eigenvalue weighted by Crippen LogP contribution is 2.41. The number of Topliss-reactive ketones (excluding diaryl/α,β-unsaturated/α-hetero) is 1. The van der Waals surface area contributed by atoms with Crippen LogP contribution in [0.5, 0.6) is 5.75 Å². The van der Waals surface area contributed by atoms with Gasteiger partial charge in [0.15, 0.2) is 11.5 Å². The van der Waals surface area contributed by atoms with Crippen LogP contribution in [0, 0.1) is 0 Å². The summed E-state index contributed by atoms with van der Waals surface area (Å²) in [5, 5.41) is 3.93. The van der Waals surface area contributed by atoms with Crippen LogP contribution in [0.1, 0.15) is 58.2 Å². The van der Waals surface area contributed by atoms with Gasteiger partial charge in [0.05, 0.1) is 18.5 Å². The van der Waals surface area contributed by atoms with Gasteiger partial charge in [0.1, 0.15) is 17.1 Å². The standard InChI is InChI=1S/C19H18N2O4/c22-15-10-19(24-16-4-2-1-3-13(15)16)7-8-21(11-19)18(23)14-9-17(25-20-14)12-5-6-12/h1-4,9,12H,5-8,10-11H2/t19-/m1/s1. The zero-order valence-corrected chi connectivity index (χ0v) is 13.7. The predicted octanol–water partition coefficient (Wildman–Crippen LogP) is 2.80. The Bertz CT molecular complexity index is 870. The first-order valence-corrected chi connectivity index (χ1v) is 8.71. The monoisotopic (exact) mass is 338 g/mol. The molecule has 1 aliphatic carbocycles. The van der Waals surface area contributed by atoms with Crippen LogP contribution < -0.4 is 4.74 Å². The Morgan fingerprint density at radius 3 is 2.96 bits per heavy atom. The van der Waals surface area contributed by atoms with Crippen molar-refractivity contribution in [2.45, 2.75) is 37.2 Å². The normalized spacial score (nSPS) is 25.1. The largest absolute Gasteiger partial charge is 0.484 e. The maximum absolute atomic E-state index is 12.7. The molecule has 1 spiro atoms. The number of carbonyl (C=O) groups excluding carboxylic acids is 2. The van der Waals surface area contributed by atoms with E-state index in [0.717, 1.165) is 18.6 Å². The number of ether oxygens (including phenoxy) is 1. The van der Waals surface area contributed by atoms with Gasteiger partial charge in [0.25, 0.3) is 5.91 Å². The van der Waals surface area contributed by atoms with E-state index in [1.807, 2.05) is 18.2 Å². The minimum atomic E-state index is -0.621. The molecule has 1 aromatic heterocycles. The molecule has 1 amide bonds. The van der Waals surface area contributed by atoms with Gasteiger partial charge < -0.3 is 14.2 Å². The summed E-state index contributed by atoms with van der Waals surface area (Å²) < 4.78 is 11.4. The van der Waals surface area contributed by atoms with Crippen molar-refractivity contribution >= 4 is 11.7 Å². The van der Waals surface area contributed by atoms with E-state index in [4.69, 9.17) is 9.26 Å². The molecule has 5 rings (SSSR count). The van der Waals surface area contributed by atoms with E-state index in [0.29, 0.717) is 48.9 Å². The lowest BCUT2D eigenvalue weighted by Crippen LogP contribution is -2.45. The summed E-state index contributed by atoms with van der Waals surface area (Å²) in [6.07, 6.45) is 3.15. The van der Waals surface area contributed by atoms with Gasteiger partial charge in [0, 0.05) is 24.9 Å². The molecule has 25 heavy (non-hydrogen) atoms. The highest BCUT2D eigenvalue weighted by atomic mass is 16.5. The maximum atomic E-state index is 12.7. The summed E-state index contributed by atoms with van der Waals surface area (Å²) >= 11 is 0. The molecule has 3 aliphatic rings. The second kappa shape index (κ2) is 5.18. The van der Waals surface area contributed by atoms with Crippen molar-refractivity contribution in [1.29, 1.82) is 0 Å². The Labute approximate surface area is 144 Å². The molecule has 0 N–H and O–H groups in total. The van der Waals surface area contributed by atoms with Gasteiger partial charge in [-0.15, -0.1) is 0 Å². The van der Waals surface area contributed by atoms with Crippen molar-refractivity contribution in [3.05, 3.63) is 47.3 Å². The molecule has 6 heteroatoms. The molecule has 0 bridgehead atoms. The fraction of sp³-hybridized carbons (Fsp3) is 0.421. The zero-order valence-electron chi connectivity index (χ0n) is 13.7. The molecule has 128 valence electrons. The Kier molecular flexibility index (Phi) is 3.04. The first kappa shape index (κ1) is 14.7. The smallest absolute Gasteiger partial charge is 0.276 e. The van der Waals surface area contributed by atoms with Gasteiger partial charge in [-0.05, 0) is 25.0 Å². The summed E-state index contributed by atoms with van der Waals surface area (Å²) in [6, 6.07) is 9.06. The first-order chi connectivity index (χ1) is 12.1. The minimum absolute atomic E-state index is 0.0774. The molecule has 1 aromatic carbocycles. The fourth-order valence-corrected chi connectivity index (χ4v) is 3.80. The van der Waals surface area contributed by atoms with Crippen LogP contribution in [0.4, 0.5) is 0 Å². The van der Waals surface area contributed by atoms with Gasteiger partial charge in [-0.2, -0.15) is 0 Å². The number of hydrogen-bond donors (Lipinski definition) is 0. The highest BCUT2D eigenvalue weighted by molar-refractivity contribution is 6.00. The number of benzene rings is 1. The third-order valence-corrected chi connectivity index (χ3v) is 5.33. The Morgan fingerprint density at radius 2 is 2.12 bits per heavy atom. The molecule has 3 heterocycles. The number of carbonyl (C=O) groups is 2. The summed E-state index contributed by atoms with van der Waals surface area (Å²) in [5.74, 6) is 1.77. The number of fused-ring (bicyclic) bond motifs is 1. The average molecular weight is 338 g/mol. The van der Waals surface area contributed by atoms with Crippen LogP contribution in [-0.2, 0) is 0 Å².